The van der Waals surface area contributed by atoms with Gasteiger partial charge in [-0.25, -0.2) is 4.79 Å². The Labute approximate surface area is 165 Å². The highest BCUT2D eigenvalue weighted by atomic mass is 28.5. The predicted octanol–water partition coefficient (Wildman–Crippen LogP) is 5.38. The van der Waals surface area contributed by atoms with E-state index < -0.39 is 33.8 Å². The summed E-state index contributed by atoms with van der Waals surface area (Å²) >= 11 is 0. The van der Waals surface area contributed by atoms with E-state index in [0.717, 1.165) is 18.9 Å². The second-order valence-electron chi connectivity index (χ2n) is 9.60. The van der Waals surface area contributed by atoms with Crippen molar-refractivity contribution in [1.29, 1.82) is 0 Å². The Bertz CT molecular complexity index is 446. The fraction of sp³-hybridized carbons (Fsp3) is 0.824. The number of hydrogen-bond acceptors (Lipinski definition) is 5. The molecular formula is C17H40O5Si4. The fourth-order valence-corrected chi connectivity index (χ4v) is 17.2. The van der Waals surface area contributed by atoms with Gasteiger partial charge < -0.3 is 17.1 Å². The third-order valence-corrected chi connectivity index (χ3v) is 15.1. The number of ether oxygens (including phenoxy) is 1. The minimum Gasteiger partial charge on any atom is -0.466 e. The van der Waals surface area contributed by atoms with Crippen molar-refractivity contribution in [3.63, 3.8) is 0 Å². The Balaban J connectivity index is 5.42. The van der Waals surface area contributed by atoms with E-state index in [1.165, 1.54) is 7.11 Å². The molecule has 0 spiro atoms. The Morgan fingerprint density at radius 1 is 0.808 bits per heavy atom. The van der Waals surface area contributed by atoms with Crippen LogP contribution >= 0.6 is 0 Å². The molecule has 0 aliphatic carbocycles. The smallest absolute Gasteiger partial charge is 0.466 e. The topological polar surface area (TPSA) is 54.0 Å². The van der Waals surface area contributed by atoms with Crippen LogP contribution in [0, 0.1) is 0 Å². The lowest BCUT2D eigenvalue weighted by Crippen LogP contribution is -2.60. The molecule has 0 aromatic heterocycles. The Hall–Kier alpha value is -0.0425. The number of allylic oxidation sites excluding steroid dienone is 1. The van der Waals surface area contributed by atoms with E-state index in [9.17, 15) is 4.79 Å². The summed E-state index contributed by atoms with van der Waals surface area (Å²) in [5, 5.41) is 0. The van der Waals surface area contributed by atoms with Crippen LogP contribution in [0.2, 0.25) is 65.0 Å². The lowest BCUT2D eigenvalue weighted by atomic mass is 10.2. The van der Waals surface area contributed by atoms with E-state index in [0.29, 0.717) is 5.57 Å². The minimum atomic E-state index is -2.77. The molecule has 0 N–H and O–H groups in total. The maximum absolute atomic E-state index is 11.5. The van der Waals surface area contributed by atoms with Crippen LogP contribution in [-0.4, -0.2) is 46.8 Å². The summed E-state index contributed by atoms with van der Waals surface area (Å²) in [7, 11) is -6.86. The molecule has 0 aliphatic rings. The minimum absolute atomic E-state index is 0.274. The van der Waals surface area contributed by atoms with E-state index in [2.05, 4.69) is 58.9 Å². The molecule has 0 saturated heterocycles. The zero-order valence-electron chi connectivity index (χ0n) is 18.7. The van der Waals surface area contributed by atoms with Gasteiger partial charge in [0.15, 0.2) is 25.0 Å². The Kier molecular flexibility index (Phi) is 9.93. The monoisotopic (exact) mass is 436 g/mol. The maximum atomic E-state index is 11.5. The van der Waals surface area contributed by atoms with Crippen molar-refractivity contribution in [2.45, 2.75) is 84.7 Å². The van der Waals surface area contributed by atoms with Crippen molar-refractivity contribution in [2.24, 2.45) is 0 Å². The lowest BCUT2D eigenvalue weighted by molar-refractivity contribution is -0.136. The number of esters is 1. The predicted molar refractivity (Wildman–Crippen MR) is 119 cm³/mol. The molecule has 0 bridgehead atoms. The van der Waals surface area contributed by atoms with Gasteiger partial charge >= 0.3 is 14.8 Å². The van der Waals surface area contributed by atoms with Crippen LogP contribution in [0.5, 0.6) is 0 Å². The van der Waals surface area contributed by atoms with Gasteiger partial charge in [-0.15, -0.1) is 0 Å². The number of carbonyl (C=O) groups excluding carboxylic acids is 1. The standard InChI is InChI=1S/C17H40O5Si4/c1-16(17(18)19-2)14-12-13-15-26(20-23(3,4)5,21-24(6,7)8)22-25(9,10)11/h14H,12-13,15H2,1-11H3. The van der Waals surface area contributed by atoms with Crippen molar-refractivity contribution < 1.29 is 21.9 Å². The van der Waals surface area contributed by atoms with Crippen LogP contribution in [0.3, 0.4) is 0 Å². The maximum Gasteiger partial charge on any atom is 0.469 e. The second kappa shape index (κ2) is 9.94. The van der Waals surface area contributed by atoms with Gasteiger partial charge in [-0.2, -0.15) is 0 Å². The van der Waals surface area contributed by atoms with Crippen molar-refractivity contribution in [1.82, 2.24) is 0 Å². The van der Waals surface area contributed by atoms with Crippen LogP contribution in [0.25, 0.3) is 0 Å². The molecule has 0 heterocycles. The van der Waals surface area contributed by atoms with Crippen LogP contribution < -0.4 is 0 Å². The van der Waals surface area contributed by atoms with Crippen LogP contribution in [0.1, 0.15) is 19.8 Å². The molecule has 26 heavy (non-hydrogen) atoms. The molecule has 0 atom stereocenters. The summed E-state index contributed by atoms with van der Waals surface area (Å²) in [4.78, 5) is 11.5. The van der Waals surface area contributed by atoms with Gasteiger partial charge in [-0.05, 0) is 78.7 Å². The van der Waals surface area contributed by atoms with Crippen molar-refractivity contribution in [3.8, 4) is 0 Å². The van der Waals surface area contributed by atoms with E-state index in [4.69, 9.17) is 17.1 Å². The van der Waals surface area contributed by atoms with Crippen LogP contribution in [0.15, 0.2) is 11.6 Å². The third kappa shape index (κ3) is 12.4. The first kappa shape index (κ1) is 26.0. The normalized spacial score (nSPS) is 14.5. The van der Waals surface area contributed by atoms with Gasteiger partial charge in [-0.3, -0.25) is 0 Å². The van der Waals surface area contributed by atoms with Gasteiger partial charge in [0.1, 0.15) is 0 Å². The quantitative estimate of drug-likeness (QED) is 0.188. The number of unbranched alkanes of at least 4 members (excludes halogenated alkanes) is 1. The SMILES string of the molecule is COC(=O)C(C)=CCCC[Si](O[Si](C)(C)C)(O[Si](C)(C)C)O[Si](C)(C)C. The summed E-state index contributed by atoms with van der Waals surface area (Å²) in [6.45, 7) is 21.5. The second-order valence-corrected chi connectivity index (χ2v) is 26.6. The molecule has 0 amide bonds. The zero-order chi connectivity index (χ0) is 20.8. The van der Waals surface area contributed by atoms with Crippen molar-refractivity contribution in [3.05, 3.63) is 11.6 Å². The van der Waals surface area contributed by atoms with E-state index in [1.54, 1.807) is 6.92 Å². The molecule has 0 fully saturated rings. The largest absolute Gasteiger partial charge is 0.469 e. The molecule has 0 radical (unpaired) electrons. The first-order valence-electron chi connectivity index (χ1n) is 9.34. The first-order chi connectivity index (χ1) is 11.5. The number of carbonyl (C=O) groups is 1. The van der Waals surface area contributed by atoms with Crippen molar-refractivity contribution in [2.75, 3.05) is 7.11 Å². The Morgan fingerprint density at radius 2 is 1.19 bits per heavy atom. The average molecular weight is 437 g/mol. The molecule has 0 saturated carbocycles. The van der Waals surface area contributed by atoms with E-state index >= 15 is 0 Å². The van der Waals surface area contributed by atoms with E-state index in [1.807, 2.05) is 6.08 Å². The molecule has 5 nitrogen and oxygen atoms in total. The van der Waals surface area contributed by atoms with Crippen LogP contribution in [-0.2, 0) is 21.9 Å². The molecule has 0 aliphatic heterocycles. The van der Waals surface area contributed by atoms with Gasteiger partial charge in [-0.1, -0.05) is 6.08 Å². The van der Waals surface area contributed by atoms with Crippen LogP contribution in [0.4, 0.5) is 0 Å². The lowest BCUT2D eigenvalue weighted by Gasteiger charge is -2.42. The average Bonchev–Trinajstić information content (AvgIpc) is 2.36. The number of rotatable bonds is 11. The molecule has 0 unspecified atom stereocenters. The number of hydrogen-bond donors (Lipinski definition) is 0. The molecule has 0 aromatic rings. The molecule has 154 valence electrons. The summed E-state index contributed by atoms with van der Waals surface area (Å²) in [6.07, 6.45) is 3.59. The summed E-state index contributed by atoms with van der Waals surface area (Å²) in [5.41, 5.74) is 0.642. The van der Waals surface area contributed by atoms with E-state index in [-0.39, 0.29) is 5.97 Å². The summed E-state index contributed by atoms with van der Waals surface area (Å²) in [5.74, 6) is -0.274. The van der Waals surface area contributed by atoms with Gasteiger partial charge in [0, 0.05) is 11.6 Å². The third-order valence-electron chi connectivity index (χ3n) is 3.03. The number of methoxy groups -OCH3 is 1. The molecular weight excluding hydrogens is 397 g/mol. The fourth-order valence-electron chi connectivity index (χ4n) is 2.50. The molecule has 0 rings (SSSR count). The summed E-state index contributed by atoms with van der Waals surface area (Å²) in [6, 6.07) is 0.788. The Morgan fingerprint density at radius 3 is 1.50 bits per heavy atom. The highest BCUT2D eigenvalue weighted by molar-refractivity contribution is 6.90. The van der Waals surface area contributed by atoms with Gasteiger partial charge in [0.25, 0.3) is 0 Å². The van der Waals surface area contributed by atoms with Crippen molar-refractivity contribution >= 4 is 39.7 Å². The van der Waals surface area contributed by atoms with Gasteiger partial charge in [0.2, 0.25) is 0 Å². The summed E-state index contributed by atoms with van der Waals surface area (Å²) < 4.78 is 24.7. The van der Waals surface area contributed by atoms with Gasteiger partial charge in [0.05, 0.1) is 7.11 Å². The first-order valence-corrected chi connectivity index (χ1v) is 21.5. The molecule has 9 heteroatoms. The highest BCUT2D eigenvalue weighted by Crippen LogP contribution is 2.30. The highest BCUT2D eigenvalue weighted by Gasteiger charge is 2.49. The molecule has 0 aromatic carbocycles. The zero-order valence-corrected chi connectivity index (χ0v) is 22.7.